The van der Waals surface area contributed by atoms with Crippen molar-refractivity contribution in [2.45, 2.75) is 0 Å². The minimum atomic E-state index is -0.523. The second-order valence-corrected chi connectivity index (χ2v) is 3.86. The predicted octanol–water partition coefficient (Wildman–Crippen LogP) is 0.915. The van der Waals surface area contributed by atoms with Crippen LogP contribution in [0.3, 0.4) is 0 Å². The number of aliphatic hydroxyl groups excluding tert-OH is 1. The third-order valence-electron chi connectivity index (χ3n) is 2.62. The van der Waals surface area contributed by atoms with Gasteiger partial charge in [0.2, 0.25) is 0 Å². The normalized spacial score (nSPS) is 10.3. The van der Waals surface area contributed by atoms with Gasteiger partial charge in [-0.25, -0.2) is 4.39 Å². The molecule has 0 unspecified atom stereocenters. The van der Waals surface area contributed by atoms with E-state index in [-0.39, 0.29) is 24.8 Å². The zero-order valence-corrected chi connectivity index (χ0v) is 11.1. The van der Waals surface area contributed by atoms with Crippen molar-refractivity contribution in [2.75, 3.05) is 40.5 Å². The molecule has 0 fully saturated rings. The van der Waals surface area contributed by atoms with E-state index in [2.05, 4.69) is 0 Å². The lowest BCUT2D eigenvalue weighted by Crippen LogP contribution is -2.36. The molecule has 0 saturated heterocycles. The van der Waals surface area contributed by atoms with Gasteiger partial charge in [-0.15, -0.1) is 0 Å². The molecule has 6 heteroatoms. The van der Waals surface area contributed by atoms with Crippen molar-refractivity contribution >= 4 is 5.91 Å². The van der Waals surface area contributed by atoms with E-state index in [1.165, 1.54) is 37.3 Å². The molecule has 0 heterocycles. The standard InChI is InChI=1S/C13H18FNO4/c1-18-8-6-15(5-7-16)13(17)10-3-4-11(14)12(9-10)19-2/h3-4,9,16H,5-8H2,1-2H3. The van der Waals surface area contributed by atoms with Gasteiger partial charge in [-0.3, -0.25) is 4.79 Å². The number of benzene rings is 1. The van der Waals surface area contributed by atoms with Gasteiger partial charge in [-0.1, -0.05) is 0 Å². The van der Waals surface area contributed by atoms with Crippen LogP contribution in [0.2, 0.25) is 0 Å². The Balaban J connectivity index is 2.88. The molecule has 0 aromatic heterocycles. The van der Waals surface area contributed by atoms with Gasteiger partial charge in [-0.05, 0) is 18.2 Å². The molecular formula is C13H18FNO4. The first-order valence-electron chi connectivity index (χ1n) is 5.86. The molecule has 0 aliphatic heterocycles. The number of ether oxygens (including phenoxy) is 2. The number of hydrogen-bond donors (Lipinski definition) is 1. The van der Waals surface area contributed by atoms with Crippen LogP contribution >= 0.6 is 0 Å². The van der Waals surface area contributed by atoms with Crippen molar-refractivity contribution in [1.29, 1.82) is 0 Å². The maximum absolute atomic E-state index is 13.3. The zero-order valence-electron chi connectivity index (χ0n) is 11.1. The molecular weight excluding hydrogens is 253 g/mol. The molecule has 0 saturated carbocycles. The van der Waals surface area contributed by atoms with Crippen LogP contribution in [0.25, 0.3) is 0 Å². The Kier molecular flexibility index (Phi) is 6.24. The number of halogens is 1. The highest BCUT2D eigenvalue weighted by Gasteiger charge is 2.16. The first-order chi connectivity index (χ1) is 9.13. The van der Waals surface area contributed by atoms with Gasteiger partial charge in [0, 0.05) is 25.8 Å². The van der Waals surface area contributed by atoms with Crippen molar-refractivity contribution in [3.8, 4) is 5.75 Å². The summed E-state index contributed by atoms with van der Waals surface area (Å²) in [6.45, 7) is 0.773. The molecule has 19 heavy (non-hydrogen) atoms. The van der Waals surface area contributed by atoms with Gasteiger partial charge in [0.1, 0.15) is 0 Å². The molecule has 0 atom stereocenters. The van der Waals surface area contributed by atoms with Crippen molar-refractivity contribution in [1.82, 2.24) is 4.90 Å². The van der Waals surface area contributed by atoms with Crippen molar-refractivity contribution in [3.05, 3.63) is 29.6 Å². The van der Waals surface area contributed by atoms with E-state index in [1.54, 1.807) is 0 Å². The van der Waals surface area contributed by atoms with Gasteiger partial charge in [0.05, 0.1) is 20.3 Å². The molecule has 0 bridgehead atoms. The molecule has 1 rings (SSSR count). The van der Waals surface area contributed by atoms with Crippen molar-refractivity contribution in [2.24, 2.45) is 0 Å². The summed E-state index contributed by atoms with van der Waals surface area (Å²) in [6.07, 6.45) is 0. The predicted molar refractivity (Wildman–Crippen MR) is 67.8 cm³/mol. The van der Waals surface area contributed by atoms with E-state index in [0.29, 0.717) is 18.7 Å². The number of carbonyl (C=O) groups is 1. The molecule has 1 aromatic rings. The Morgan fingerprint density at radius 1 is 1.37 bits per heavy atom. The average Bonchev–Trinajstić information content (AvgIpc) is 2.43. The number of rotatable bonds is 7. The number of hydrogen-bond acceptors (Lipinski definition) is 4. The maximum atomic E-state index is 13.3. The highest BCUT2D eigenvalue weighted by atomic mass is 19.1. The average molecular weight is 271 g/mol. The van der Waals surface area contributed by atoms with Crippen LogP contribution < -0.4 is 4.74 Å². The summed E-state index contributed by atoms with van der Waals surface area (Å²) in [7, 11) is 2.87. The first-order valence-corrected chi connectivity index (χ1v) is 5.86. The fourth-order valence-corrected chi connectivity index (χ4v) is 1.61. The molecule has 1 N–H and O–H groups in total. The summed E-state index contributed by atoms with van der Waals surface area (Å²) in [4.78, 5) is 13.6. The van der Waals surface area contributed by atoms with E-state index >= 15 is 0 Å². The summed E-state index contributed by atoms with van der Waals surface area (Å²) in [5.41, 5.74) is 0.308. The highest BCUT2D eigenvalue weighted by molar-refractivity contribution is 5.94. The maximum Gasteiger partial charge on any atom is 0.254 e. The van der Waals surface area contributed by atoms with E-state index in [4.69, 9.17) is 14.6 Å². The van der Waals surface area contributed by atoms with Crippen LogP contribution in [0, 0.1) is 5.82 Å². The Bertz CT molecular complexity index is 425. The van der Waals surface area contributed by atoms with Crippen LogP contribution in [0.4, 0.5) is 4.39 Å². The minimum absolute atomic E-state index is 0.0153. The lowest BCUT2D eigenvalue weighted by atomic mass is 10.1. The molecule has 0 aliphatic rings. The van der Waals surface area contributed by atoms with Crippen LogP contribution in [0.5, 0.6) is 5.75 Å². The number of nitrogens with zero attached hydrogens (tertiary/aromatic N) is 1. The quantitative estimate of drug-likeness (QED) is 0.801. The molecule has 0 aliphatic carbocycles. The molecule has 1 aromatic carbocycles. The highest BCUT2D eigenvalue weighted by Crippen LogP contribution is 2.19. The largest absolute Gasteiger partial charge is 0.494 e. The van der Waals surface area contributed by atoms with Crippen LogP contribution in [-0.4, -0.2) is 56.4 Å². The Morgan fingerprint density at radius 3 is 2.68 bits per heavy atom. The Labute approximate surface area is 111 Å². The second kappa shape index (κ2) is 7.70. The van der Waals surface area contributed by atoms with E-state index < -0.39 is 5.82 Å². The smallest absolute Gasteiger partial charge is 0.254 e. The minimum Gasteiger partial charge on any atom is -0.494 e. The van der Waals surface area contributed by atoms with Crippen molar-refractivity contribution in [3.63, 3.8) is 0 Å². The van der Waals surface area contributed by atoms with Gasteiger partial charge in [0.15, 0.2) is 11.6 Å². The number of amides is 1. The van der Waals surface area contributed by atoms with Gasteiger partial charge >= 0.3 is 0 Å². The summed E-state index contributed by atoms with van der Waals surface area (Å²) >= 11 is 0. The number of methoxy groups -OCH3 is 2. The topological polar surface area (TPSA) is 59.0 Å². The fourth-order valence-electron chi connectivity index (χ4n) is 1.61. The molecule has 106 valence electrons. The van der Waals surface area contributed by atoms with Gasteiger partial charge in [0.25, 0.3) is 5.91 Å². The SMILES string of the molecule is COCCN(CCO)C(=O)c1ccc(F)c(OC)c1. The first kappa shape index (κ1) is 15.4. The second-order valence-electron chi connectivity index (χ2n) is 3.86. The van der Waals surface area contributed by atoms with Gasteiger partial charge < -0.3 is 19.5 Å². The molecule has 5 nitrogen and oxygen atoms in total. The van der Waals surface area contributed by atoms with Crippen LogP contribution in [-0.2, 0) is 4.74 Å². The molecule has 1 amide bonds. The lowest BCUT2D eigenvalue weighted by Gasteiger charge is -2.21. The van der Waals surface area contributed by atoms with E-state index in [9.17, 15) is 9.18 Å². The third kappa shape index (κ3) is 4.18. The fraction of sp³-hybridized carbons (Fsp3) is 0.462. The monoisotopic (exact) mass is 271 g/mol. The number of carbonyl (C=O) groups excluding carboxylic acids is 1. The van der Waals surface area contributed by atoms with E-state index in [0.717, 1.165) is 0 Å². The van der Waals surface area contributed by atoms with Crippen molar-refractivity contribution < 1.29 is 23.8 Å². The number of aliphatic hydroxyl groups is 1. The van der Waals surface area contributed by atoms with E-state index in [1.807, 2.05) is 0 Å². The van der Waals surface area contributed by atoms with Gasteiger partial charge in [-0.2, -0.15) is 0 Å². The Morgan fingerprint density at radius 2 is 2.11 bits per heavy atom. The summed E-state index contributed by atoms with van der Waals surface area (Å²) < 4.78 is 23.0. The summed E-state index contributed by atoms with van der Waals surface area (Å²) in [5.74, 6) is -0.810. The third-order valence-corrected chi connectivity index (χ3v) is 2.62. The summed E-state index contributed by atoms with van der Waals surface area (Å²) in [5, 5.41) is 8.96. The zero-order chi connectivity index (χ0) is 14.3. The molecule has 0 spiro atoms. The van der Waals surface area contributed by atoms with Crippen LogP contribution in [0.15, 0.2) is 18.2 Å². The Hall–Kier alpha value is -1.66. The van der Waals surface area contributed by atoms with Crippen LogP contribution in [0.1, 0.15) is 10.4 Å². The summed E-state index contributed by atoms with van der Waals surface area (Å²) in [6, 6.07) is 3.91. The lowest BCUT2D eigenvalue weighted by molar-refractivity contribution is 0.0656. The molecule has 0 radical (unpaired) electrons.